The quantitative estimate of drug-likeness (QED) is 0.793. The summed E-state index contributed by atoms with van der Waals surface area (Å²) in [7, 11) is 0. The van der Waals surface area contributed by atoms with Gasteiger partial charge in [0.1, 0.15) is 18.7 Å². The summed E-state index contributed by atoms with van der Waals surface area (Å²) in [6.45, 7) is 2.81. The van der Waals surface area contributed by atoms with Crippen molar-refractivity contribution in [3.05, 3.63) is 48.0 Å². The summed E-state index contributed by atoms with van der Waals surface area (Å²) in [4.78, 5) is 4.02. The van der Waals surface area contributed by atoms with Crippen LogP contribution in [0.4, 0.5) is 8.78 Å². The Bertz CT molecular complexity index is 525. The van der Waals surface area contributed by atoms with E-state index >= 15 is 0 Å². The SMILES string of the molecule is CCCNCc1ncnn1CC(F)(F)c1ccccc1. The lowest BCUT2D eigenvalue weighted by atomic mass is 10.1. The second kappa shape index (κ2) is 6.56. The van der Waals surface area contributed by atoms with Gasteiger partial charge in [-0.05, 0) is 13.0 Å². The number of hydrogen-bond donors (Lipinski definition) is 1. The van der Waals surface area contributed by atoms with Crippen LogP contribution >= 0.6 is 0 Å². The van der Waals surface area contributed by atoms with Gasteiger partial charge in [-0.15, -0.1) is 0 Å². The Morgan fingerprint density at radius 1 is 1.25 bits per heavy atom. The maximum atomic E-state index is 14.2. The number of hydrogen-bond acceptors (Lipinski definition) is 3. The number of alkyl halides is 2. The lowest BCUT2D eigenvalue weighted by molar-refractivity contribution is -0.0263. The molecule has 0 saturated heterocycles. The highest BCUT2D eigenvalue weighted by Crippen LogP contribution is 2.29. The molecule has 4 nitrogen and oxygen atoms in total. The minimum atomic E-state index is -2.96. The van der Waals surface area contributed by atoms with Crippen molar-refractivity contribution in [2.45, 2.75) is 32.4 Å². The van der Waals surface area contributed by atoms with Crippen molar-refractivity contribution in [2.75, 3.05) is 6.54 Å². The molecule has 1 N–H and O–H groups in total. The first-order valence-corrected chi connectivity index (χ1v) is 6.64. The van der Waals surface area contributed by atoms with Crippen LogP contribution in [0.1, 0.15) is 24.7 Å². The molecular weight excluding hydrogens is 262 g/mol. The summed E-state index contributed by atoms with van der Waals surface area (Å²) in [6, 6.07) is 7.77. The molecule has 0 atom stereocenters. The van der Waals surface area contributed by atoms with Gasteiger partial charge in [0.15, 0.2) is 0 Å². The zero-order valence-electron chi connectivity index (χ0n) is 11.4. The van der Waals surface area contributed by atoms with Crippen LogP contribution in [0.15, 0.2) is 36.7 Å². The number of nitrogens with zero attached hydrogens (tertiary/aromatic N) is 3. The predicted molar refractivity (Wildman–Crippen MR) is 72.4 cm³/mol. The van der Waals surface area contributed by atoms with Crippen LogP contribution in [0.25, 0.3) is 0 Å². The molecule has 0 spiro atoms. The zero-order valence-corrected chi connectivity index (χ0v) is 11.4. The van der Waals surface area contributed by atoms with Crippen molar-refractivity contribution in [2.24, 2.45) is 0 Å². The minimum Gasteiger partial charge on any atom is -0.310 e. The standard InChI is InChI=1S/C14H18F2N4/c1-2-8-17-9-13-18-11-19-20(13)10-14(15,16)12-6-4-3-5-7-12/h3-7,11,17H,2,8-10H2,1H3. The number of benzene rings is 1. The van der Waals surface area contributed by atoms with Crippen molar-refractivity contribution in [1.82, 2.24) is 20.1 Å². The van der Waals surface area contributed by atoms with Crippen molar-refractivity contribution in [3.8, 4) is 0 Å². The number of nitrogens with one attached hydrogen (secondary N) is 1. The van der Waals surface area contributed by atoms with Crippen LogP contribution in [-0.4, -0.2) is 21.3 Å². The predicted octanol–water partition coefficient (Wildman–Crippen LogP) is 2.57. The Morgan fingerprint density at radius 2 is 2.00 bits per heavy atom. The van der Waals surface area contributed by atoms with E-state index in [1.807, 2.05) is 6.92 Å². The molecule has 2 aromatic rings. The molecule has 1 aromatic heterocycles. The van der Waals surface area contributed by atoms with E-state index in [1.165, 1.54) is 23.1 Å². The van der Waals surface area contributed by atoms with Gasteiger partial charge in [0.05, 0.1) is 6.54 Å². The molecule has 1 aromatic carbocycles. The van der Waals surface area contributed by atoms with E-state index in [9.17, 15) is 8.78 Å². The third kappa shape index (κ3) is 3.60. The molecule has 0 saturated carbocycles. The van der Waals surface area contributed by atoms with E-state index in [4.69, 9.17) is 0 Å². The first kappa shape index (κ1) is 14.6. The van der Waals surface area contributed by atoms with E-state index in [1.54, 1.807) is 18.2 Å². The van der Waals surface area contributed by atoms with Gasteiger partial charge >= 0.3 is 0 Å². The maximum absolute atomic E-state index is 14.2. The van der Waals surface area contributed by atoms with Gasteiger partial charge in [0.25, 0.3) is 5.92 Å². The number of aromatic nitrogens is 3. The lowest BCUT2D eigenvalue weighted by Crippen LogP contribution is -2.25. The topological polar surface area (TPSA) is 42.7 Å². The monoisotopic (exact) mass is 280 g/mol. The van der Waals surface area contributed by atoms with Crippen LogP contribution < -0.4 is 5.32 Å². The van der Waals surface area contributed by atoms with Crippen LogP contribution in [0, 0.1) is 0 Å². The van der Waals surface area contributed by atoms with Gasteiger partial charge in [-0.1, -0.05) is 37.3 Å². The highest BCUT2D eigenvalue weighted by molar-refractivity contribution is 5.19. The average molecular weight is 280 g/mol. The molecule has 0 aliphatic heterocycles. The molecule has 108 valence electrons. The van der Waals surface area contributed by atoms with Crippen LogP contribution in [0.2, 0.25) is 0 Å². The highest BCUT2D eigenvalue weighted by Gasteiger charge is 2.33. The third-order valence-electron chi connectivity index (χ3n) is 2.95. The molecule has 0 aliphatic rings. The summed E-state index contributed by atoms with van der Waals surface area (Å²) in [5.41, 5.74) is -0.0111. The van der Waals surface area contributed by atoms with Gasteiger partial charge < -0.3 is 5.32 Å². The Kier molecular flexibility index (Phi) is 4.79. The zero-order chi connectivity index (χ0) is 14.4. The van der Waals surface area contributed by atoms with E-state index in [0.717, 1.165) is 13.0 Å². The van der Waals surface area contributed by atoms with Crippen molar-refractivity contribution >= 4 is 0 Å². The van der Waals surface area contributed by atoms with Gasteiger partial charge in [0.2, 0.25) is 0 Å². The second-order valence-electron chi connectivity index (χ2n) is 4.58. The summed E-state index contributed by atoms with van der Waals surface area (Å²) in [6.07, 6.45) is 2.29. The first-order chi connectivity index (χ1) is 9.63. The summed E-state index contributed by atoms with van der Waals surface area (Å²) in [5.74, 6) is -2.44. The highest BCUT2D eigenvalue weighted by atomic mass is 19.3. The van der Waals surface area contributed by atoms with Gasteiger partial charge in [-0.2, -0.15) is 13.9 Å². The third-order valence-corrected chi connectivity index (χ3v) is 2.95. The maximum Gasteiger partial charge on any atom is 0.292 e. The summed E-state index contributed by atoms with van der Waals surface area (Å²) in [5, 5.41) is 7.03. The molecular formula is C14H18F2N4. The molecule has 0 fully saturated rings. The first-order valence-electron chi connectivity index (χ1n) is 6.64. The molecule has 2 rings (SSSR count). The smallest absolute Gasteiger partial charge is 0.292 e. The molecule has 1 heterocycles. The fourth-order valence-electron chi connectivity index (χ4n) is 1.90. The van der Waals surface area contributed by atoms with Crippen molar-refractivity contribution < 1.29 is 8.78 Å². The Hall–Kier alpha value is -1.82. The second-order valence-corrected chi connectivity index (χ2v) is 4.58. The van der Waals surface area contributed by atoms with Crippen molar-refractivity contribution in [3.63, 3.8) is 0 Å². The molecule has 0 aliphatic carbocycles. The van der Waals surface area contributed by atoms with Crippen LogP contribution in [0.3, 0.4) is 0 Å². The number of rotatable bonds is 7. The molecule has 0 radical (unpaired) electrons. The molecule has 0 amide bonds. The summed E-state index contributed by atoms with van der Waals surface area (Å²) >= 11 is 0. The summed E-state index contributed by atoms with van der Waals surface area (Å²) < 4.78 is 29.6. The number of halogens is 2. The van der Waals surface area contributed by atoms with Crippen LogP contribution in [0.5, 0.6) is 0 Å². The normalized spacial score (nSPS) is 11.8. The van der Waals surface area contributed by atoms with Crippen LogP contribution in [-0.2, 0) is 19.0 Å². The van der Waals surface area contributed by atoms with Gasteiger partial charge in [-0.25, -0.2) is 9.67 Å². The fourth-order valence-corrected chi connectivity index (χ4v) is 1.90. The largest absolute Gasteiger partial charge is 0.310 e. The van der Waals surface area contributed by atoms with E-state index in [0.29, 0.717) is 12.4 Å². The van der Waals surface area contributed by atoms with Crippen molar-refractivity contribution in [1.29, 1.82) is 0 Å². The van der Waals surface area contributed by atoms with Gasteiger partial charge in [0, 0.05) is 5.56 Å². The lowest BCUT2D eigenvalue weighted by Gasteiger charge is -2.17. The minimum absolute atomic E-state index is 0.0111. The molecule has 0 unspecified atom stereocenters. The molecule has 20 heavy (non-hydrogen) atoms. The van der Waals surface area contributed by atoms with Gasteiger partial charge in [-0.3, -0.25) is 0 Å². The fraction of sp³-hybridized carbons (Fsp3) is 0.429. The Balaban J connectivity index is 2.08. The average Bonchev–Trinajstić information content (AvgIpc) is 2.87. The van der Waals surface area contributed by atoms with E-state index in [-0.39, 0.29) is 5.56 Å². The molecule has 6 heteroatoms. The molecule has 0 bridgehead atoms. The Labute approximate surface area is 116 Å². The Morgan fingerprint density at radius 3 is 2.70 bits per heavy atom. The van der Waals surface area contributed by atoms with E-state index in [2.05, 4.69) is 15.4 Å². The van der Waals surface area contributed by atoms with E-state index < -0.39 is 12.5 Å².